The molecule has 28 heavy (non-hydrogen) atoms. The molecule has 1 aromatic heterocycles. The predicted molar refractivity (Wildman–Crippen MR) is 107 cm³/mol. The number of hydrogen-bond donors (Lipinski definition) is 0. The highest BCUT2D eigenvalue weighted by molar-refractivity contribution is 6.00. The minimum absolute atomic E-state index is 0.0462. The van der Waals surface area contributed by atoms with E-state index in [9.17, 15) is 9.59 Å². The normalized spacial score (nSPS) is 25.0. The molecule has 0 saturated carbocycles. The molecule has 0 aliphatic carbocycles. The van der Waals surface area contributed by atoms with Crippen LogP contribution in [-0.4, -0.2) is 44.2 Å². The number of aryl methyl sites for hydroxylation is 1. The Bertz CT molecular complexity index is 897. The van der Waals surface area contributed by atoms with E-state index in [1.165, 1.54) is 0 Å². The smallest absolute Gasteiger partial charge is 0.410 e. The lowest BCUT2D eigenvalue weighted by molar-refractivity contribution is -0.0260. The predicted octanol–water partition coefficient (Wildman–Crippen LogP) is 4.32. The zero-order valence-corrected chi connectivity index (χ0v) is 17.1. The van der Waals surface area contributed by atoms with Gasteiger partial charge >= 0.3 is 6.09 Å². The minimum atomic E-state index is -0.504. The summed E-state index contributed by atoms with van der Waals surface area (Å²) in [6, 6.07) is 5.95. The first kappa shape index (κ1) is 19.0. The van der Waals surface area contributed by atoms with Crippen LogP contribution < -0.4 is 0 Å². The number of hydrogen-bond acceptors (Lipinski definition) is 4. The molecule has 0 radical (unpaired) electrons. The van der Waals surface area contributed by atoms with Gasteiger partial charge in [0.2, 0.25) is 0 Å². The summed E-state index contributed by atoms with van der Waals surface area (Å²) in [6.07, 6.45) is 6.15. The highest BCUT2D eigenvalue weighted by Gasteiger charge is 2.44. The van der Waals surface area contributed by atoms with E-state index in [1.54, 1.807) is 4.68 Å². The molecular formula is C22H29N3O3. The van der Waals surface area contributed by atoms with Gasteiger partial charge in [0.1, 0.15) is 5.60 Å². The van der Waals surface area contributed by atoms with Crippen LogP contribution in [0, 0.1) is 5.92 Å². The Morgan fingerprint density at radius 1 is 1.14 bits per heavy atom. The summed E-state index contributed by atoms with van der Waals surface area (Å²) in [4.78, 5) is 27.9. The van der Waals surface area contributed by atoms with Crippen molar-refractivity contribution in [1.29, 1.82) is 0 Å². The first-order valence-electron chi connectivity index (χ1n) is 10.2. The van der Waals surface area contributed by atoms with Crippen LogP contribution in [0.1, 0.15) is 63.2 Å². The van der Waals surface area contributed by atoms with Gasteiger partial charge in [0.15, 0.2) is 5.78 Å². The second kappa shape index (κ2) is 6.90. The van der Waals surface area contributed by atoms with Crippen molar-refractivity contribution in [1.82, 2.24) is 14.7 Å². The van der Waals surface area contributed by atoms with Gasteiger partial charge in [0.25, 0.3) is 0 Å². The molecule has 2 atom stereocenters. The molecule has 2 bridgehead atoms. The van der Waals surface area contributed by atoms with Gasteiger partial charge in [-0.1, -0.05) is 12.1 Å². The van der Waals surface area contributed by atoms with Crippen molar-refractivity contribution in [3.8, 4) is 0 Å². The van der Waals surface area contributed by atoms with Crippen molar-refractivity contribution in [3.05, 3.63) is 30.0 Å². The average Bonchev–Trinajstić information content (AvgIpc) is 2.97. The molecule has 2 unspecified atom stereocenters. The van der Waals surface area contributed by atoms with Crippen LogP contribution in [0.2, 0.25) is 0 Å². The van der Waals surface area contributed by atoms with Crippen LogP contribution in [0.15, 0.2) is 24.4 Å². The number of aromatic nitrogens is 2. The van der Waals surface area contributed by atoms with Crippen molar-refractivity contribution in [2.24, 2.45) is 13.0 Å². The van der Waals surface area contributed by atoms with Gasteiger partial charge in [-0.15, -0.1) is 0 Å². The molecule has 3 heterocycles. The number of benzene rings is 1. The van der Waals surface area contributed by atoms with E-state index in [2.05, 4.69) is 5.10 Å². The lowest BCUT2D eigenvalue weighted by Gasteiger charge is -2.48. The molecule has 2 fully saturated rings. The Kier molecular flexibility index (Phi) is 4.68. The molecule has 4 rings (SSSR count). The minimum Gasteiger partial charge on any atom is -0.444 e. The topological polar surface area (TPSA) is 64.4 Å². The molecule has 2 aliphatic rings. The van der Waals surface area contributed by atoms with E-state index >= 15 is 0 Å². The Balaban J connectivity index is 1.52. The standard InChI is InChI=1S/C22H29N3O3/c1-22(2,3)28-21(27)25-17-6-5-7-18(25)11-16(10-17)20(26)14-8-9-15-13-24(4)23-19(15)12-14/h8-9,12-13,16-18H,5-7,10-11H2,1-4H3. The average molecular weight is 383 g/mol. The van der Waals surface area contributed by atoms with Gasteiger partial charge in [0, 0.05) is 42.2 Å². The van der Waals surface area contributed by atoms with E-state index in [0.29, 0.717) is 0 Å². The van der Waals surface area contributed by atoms with Crippen molar-refractivity contribution in [2.45, 2.75) is 70.6 Å². The van der Waals surface area contributed by atoms with Crippen LogP contribution in [-0.2, 0) is 11.8 Å². The van der Waals surface area contributed by atoms with Crippen LogP contribution >= 0.6 is 0 Å². The summed E-state index contributed by atoms with van der Waals surface area (Å²) in [5.41, 5.74) is 1.07. The fourth-order valence-electron chi connectivity index (χ4n) is 4.74. The molecule has 150 valence electrons. The lowest BCUT2D eigenvalue weighted by atomic mass is 9.76. The molecule has 6 nitrogen and oxygen atoms in total. The Morgan fingerprint density at radius 2 is 1.82 bits per heavy atom. The van der Waals surface area contributed by atoms with Gasteiger partial charge in [-0.3, -0.25) is 9.48 Å². The first-order chi connectivity index (χ1) is 13.2. The maximum Gasteiger partial charge on any atom is 0.410 e. The molecule has 6 heteroatoms. The Hall–Kier alpha value is -2.37. The van der Waals surface area contributed by atoms with Crippen molar-refractivity contribution in [3.63, 3.8) is 0 Å². The van der Waals surface area contributed by atoms with E-state index in [1.807, 2.05) is 57.1 Å². The van der Waals surface area contributed by atoms with Gasteiger partial charge in [-0.2, -0.15) is 5.10 Å². The Morgan fingerprint density at radius 3 is 2.46 bits per heavy atom. The third-order valence-electron chi connectivity index (χ3n) is 5.86. The van der Waals surface area contributed by atoms with Crippen LogP contribution in [0.25, 0.3) is 10.9 Å². The zero-order chi connectivity index (χ0) is 20.1. The monoisotopic (exact) mass is 383 g/mol. The largest absolute Gasteiger partial charge is 0.444 e. The summed E-state index contributed by atoms with van der Waals surface area (Å²) in [7, 11) is 1.88. The Labute approximate surface area is 165 Å². The quantitative estimate of drug-likeness (QED) is 0.724. The molecular weight excluding hydrogens is 354 g/mol. The number of fused-ring (bicyclic) bond motifs is 3. The third kappa shape index (κ3) is 3.64. The fourth-order valence-corrected chi connectivity index (χ4v) is 4.74. The van der Waals surface area contributed by atoms with Gasteiger partial charge < -0.3 is 9.64 Å². The summed E-state index contributed by atoms with van der Waals surface area (Å²) < 4.78 is 7.40. The maximum atomic E-state index is 13.2. The van der Waals surface area contributed by atoms with Crippen molar-refractivity contribution in [2.75, 3.05) is 0 Å². The number of amides is 1. The van der Waals surface area contributed by atoms with Gasteiger partial charge in [-0.25, -0.2) is 4.79 Å². The van der Waals surface area contributed by atoms with E-state index in [-0.39, 0.29) is 29.9 Å². The van der Waals surface area contributed by atoms with Crippen LogP contribution in [0.5, 0.6) is 0 Å². The molecule has 2 aromatic rings. The fraction of sp³-hybridized carbons (Fsp3) is 0.591. The molecule has 2 saturated heterocycles. The van der Waals surface area contributed by atoms with Gasteiger partial charge in [-0.05, 0) is 58.9 Å². The van der Waals surface area contributed by atoms with E-state index < -0.39 is 5.60 Å². The van der Waals surface area contributed by atoms with Crippen LogP contribution in [0.4, 0.5) is 4.79 Å². The zero-order valence-electron chi connectivity index (χ0n) is 17.1. The number of carbonyl (C=O) groups is 2. The highest BCUT2D eigenvalue weighted by Crippen LogP contribution is 2.39. The first-order valence-corrected chi connectivity index (χ1v) is 10.2. The summed E-state index contributed by atoms with van der Waals surface area (Å²) >= 11 is 0. The number of piperidine rings is 2. The number of carbonyl (C=O) groups excluding carboxylic acids is 2. The summed E-state index contributed by atoms with van der Waals surface area (Å²) in [5.74, 6) is 0.128. The summed E-state index contributed by atoms with van der Waals surface area (Å²) in [5, 5.41) is 5.46. The second-order valence-corrected chi connectivity index (χ2v) is 9.24. The SMILES string of the molecule is Cn1cc2ccc(C(=O)C3CC4CCCC(C3)N4C(=O)OC(C)(C)C)cc2n1. The van der Waals surface area contributed by atoms with Crippen LogP contribution in [0.3, 0.4) is 0 Å². The third-order valence-corrected chi connectivity index (χ3v) is 5.86. The number of nitrogens with zero attached hydrogens (tertiary/aromatic N) is 3. The number of ether oxygens (including phenoxy) is 1. The van der Waals surface area contributed by atoms with Gasteiger partial charge in [0.05, 0.1) is 5.52 Å². The molecule has 0 spiro atoms. The number of rotatable bonds is 2. The van der Waals surface area contributed by atoms with E-state index in [4.69, 9.17) is 4.74 Å². The number of Topliss-reactive ketones (excluding diaryl/α,β-unsaturated/α-hetero) is 1. The second-order valence-electron chi connectivity index (χ2n) is 9.24. The van der Waals surface area contributed by atoms with E-state index in [0.717, 1.165) is 48.6 Å². The number of ketones is 1. The highest BCUT2D eigenvalue weighted by atomic mass is 16.6. The molecule has 2 aliphatic heterocycles. The summed E-state index contributed by atoms with van der Waals surface area (Å²) in [6.45, 7) is 5.68. The molecule has 1 amide bonds. The van der Waals surface area contributed by atoms with Crippen molar-refractivity contribution >= 4 is 22.8 Å². The lowest BCUT2D eigenvalue weighted by Crippen LogP contribution is -2.56. The maximum absolute atomic E-state index is 13.2. The van der Waals surface area contributed by atoms with Crippen molar-refractivity contribution < 1.29 is 14.3 Å². The molecule has 1 aromatic carbocycles. The molecule has 0 N–H and O–H groups in total.